The van der Waals surface area contributed by atoms with Crippen LogP contribution < -0.4 is 9.47 Å². The van der Waals surface area contributed by atoms with Gasteiger partial charge in [-0.2, -0.15) is 0 Å². The summed E-state index contributed by atoms with van der Waals surface area (Å²) in [6.45, 7) is 1.89. The molecule has 0 fully saturated rings. The van der Waals surface area contributed by atoms with Crippen molar-refractivity contribution in [3.63, 3.8) is 0 Å². The van der Waals surface area contributed by atoms with Crippen molar-refractivity contribution in [3.05, 3.63) is 29.3 Å². The molecule has 0 aromatic heterocycles. The zero-order valence-corrected chi connectivity index (χ0v) is 9.11. The van der Waals surface area contributed by atoms with Gasteiger partial charge >= 0.3 is 0 Å². The second kappa shape index (κ2) is 5.20. The molecular weight excluding hydrogens is 192 g/mol. The molecule has 0 aliphatic carbocycles. The fourth-order valence-electron chi connectivity index (χ4n) is 1.35. The fraction of sp³-hybridized carbons (Fsp3) is 0.250. The summed E-state index contributed by atoms with van der Waals surface area (Å²) in [4.78, 5) is 10.9. The highest BCUT2D eigenvalue weighted by atomic mass is 16.5. The summed E-state index contributed by atoms with van der Waals surface area (Å²) in [6.07, 6.45) is 4.49. The monoisotopic (exact) mass is 206 g/mol. The predicted octanol–water partition coefficient (Wildman–Crippen LogP) is 2.55. The molecule has 3 nitrogen and oxygen atoms in total. The lowest BCUT2D eigenvalue weighted by molar-refractivity contribution is 0.112. The SMILES string of the molecule is C/C=C/c1cc(OC)cc(OC)c1C=O. The van der Waals surface area contributed by atoms with Crippen LogP contribution in [-0.4, -0.2) is 20.5 Å². The first-order valence-electron chi connectivity index (χ1n) is 4.60. The third kappa shape index (κ3) is 2.37. The van der Waals surface area contributed by atoms with Gasteiger partial charge in [0, 0.05) is 6.07 Å². The zero-order chi connectivity index (χ0) is 11.3. The van der Waals surface area contributed by atoms with Crippen molar-refractivity contribution < 1.29 is 14.3 Å². The molecule has 0 bridgehead atoms. The number of carbonyl (C=O) groups excluding carboxylic acids is 1. The molecule has 0 aliphatic rings. The molecular formula is C12H14O3. The molecule has 0 atom stereocenters. The van der Waals surface area contributed by atoms with Gasteiger partial charge in [0.25, 0.3) is 0 Å². The molecule has 1 rings (SSSR count). The van der Waals surface area contributed by atoms with E-state index in [1.165, 1.54) is 7.11 Å². The Morgan fingerprint density at radius 3 is 2.40 bits per heavy atom. The molecule has 0 radical (unpaired) electrons. The average Bonchev–Trinajstić information content (AvgIpc) is 2.28. The van der Waals surface area contributed by atoms with Crippen molar-refractivity contribution in [1.82, 2.24) is 0 Å². The van der Waals surface area contributed by atoms with Crippen LogP contribution in [-0.2, 0) is 0 Å². The fourth-order valence-corrected chi connectivity index (χ4v) is 1.35. The van der Waals surface area contributed by atoms with Crippen molar-refractivity contribution in [2.45, 2.75) is 6.92 Å². The van der Waals surface area contributed by atoms with Crippen LogP contribution in [0.25, 0.3) is 6.08 Å². The van der Waals surface area contributed by atoms with Gasteiger partial charge in [-0.15, -0.1) is 0 Å². The van der Waals surface area contributed by atoms with E-state index in [2.05, 4.69) is 0 Å². The largest absolute Gasteiger partial charge is 0.497 e. The molecule has 15 heavy (non-hydrogen) atoms. The quantitative estimate of drug-likeness (QED) is 0.710. The molecule has 3 heteroatoms. The number of allylic oxidation sites excluding steroid dienone is 1. The van der Waals surface area contributed by atoms with Crippen LogP contribution >= 0.6 is 0 Å². The van der Waals surface area contributed by atoms with E-state index in [1.807, 2.05) is 19.1 Å². The number of methoxy groups -OCH3 is 2. The molecule has 0 heterocycles. The molecule has 0 saturated heterocycles. The highest BCUT2D eigenvalue weighted by Gasteiger charge is 2.09. The van der Waals surface area contributed by atoms with Crippen LogP contribution in [0.3, 0.4) is 0 Å². The van der Waals surface area contributed by atoms with Gasteiger partial charge in [0.1, 0.15) is 11.5 Å². The van der Waals surface area contributed by atoms with Crippen LogP contribution in [0.15, 0.2) is 18.2 Å². The Labute approximate surface area is 89.3 Å². The lowest BCUT2D eigenvalue weighted by atomic mass is 10.1. The number of benzene rings is 1. The number of carbonyl (C=O) groups is 1. The number of ether oxygens (including phenoxy) is 2. The maximum Gasteiger partial charge on any atom is 0.154 e. The normalized spacial score (nSPS) is 10.3. The van der Waals surface area contributed by atoms with Gasteiger partial charge in [-0.25, -0.2) is 0 Å². The van der Waals surface area contributed by atoms with E-state index >= 15 is 0 Å². The van der Waals surface area contributed by atoms with Crippen LogP contribution in [0.2, 0.25) is 0 Å². The third-order valence-corrected chi connectivity index (χ3v) is 2.07. The van der Waals surface area contributed by atoms with Crippen molar-refractivity contribution in [1.29, 1.82) is 0 Å². The van der Waals surface area contributed by atoms with Crippen molar-refractivity contribution in [2.75, 3.05) is 14.2 Å². The zero-order valence-electron chi connectivity index (χ0n) is 9.11. The molecule has 0 spiro atoms. The minimum absolute atomic E-state index is 0.525. The third-order valence-electron chi connectivity index (χ3n) is 2.07. The van der Waals surface area contributed by atoms with Crippen LogP contribution in [0.1, 0.15) is 22.8 Å². The summed E-state index contributed by atoms with van der Waals surface area (Å²) >= 11 is 0. The Kier molecular flexibility index (Phi) is 3.92. The average molecular weight is 206 g/mol. The molecule has 1 aromatic carbocycles. The van der Waals surface area contributed by atoms with Crippen LogP contribution in [0.4, 0.5) is 0 Å². The summed E-state index contributed by atoms with van der Waals surface area (Å²) in [7, 11) is 3.11. The van der Waals surface area contributed by atoms with Gasteiger partial charge in [-0.1, -0.05) is 12.2 Å². The Balaban J connectivity index is 3.38. The van der Waals surface area contributed by atoms with Crippen molar-refractivity contribution in [3.8, 4) is 11.5 Å². The van der Waals surface area contributed by atoms with Crippen molar-refractivity contribution >= 4 is 12.4 Å². The van der Waals surface area contributed by atoms with Gasteiger partial charge in [0.2, 0.25) is 0 Å². The van der Waals surface area contributed by atoms with E-state index in [4.69, 9.17) is 9.47 Å². The van der Waals surface area contributed by atoms with Gasteiger partial charge in [-0.3, -0.25) is 4.79 Å². The van der Waals surface area contributed by atoms with E-state index in [0.29, 0.717) is 17.1 Å². The summed E-state index contributed by atoms with van der Waals surface area (Å²) in [5.74, 6) is 1.20. The van der Waals surface area contributed by atoms with Crippen LogP contribution in [0.5, 0.6) is 11.5 Å². The molecule has 80 valence electrons. The van der Waals surface area contributed by atoms with Gasteiger partial charge in [0.05, 0.1) is 19.8 Å². The van der Waals surface area contributed by atoms with Gasteiger partial charge in [0.15, 0.2) is 6.29 Å². The molecule has 1 aromatic rings. The molecule has 0 amide bonds. The lowest BCUT2D eigenvalue weighted by Crippen LogP contribution is -1.95. The Morgan fingerprint density at radius 2 is 1.93 bits per heavy atom. The van der Waals surface area contributed by atoms with E-state index in [0.717, 1.165) is 11.8 Å². The van der Waals surface area contributed by atoms with E-state index in [-0.39, 0.29) is 0 Å². The topological polar surface area (TPSA) is 35.5 Å². The molecule has 0 saturated carbocycles. The van der Waals surface area contributed by atoms with Gasteiger partial charge in [-0.05, 0) is 18.6 Å². The maximum atomic E-state index is 10.9. The number of rotatable bonds is 4. The number of aldehydes is 1. The number of hydrogen-bond donors (Lipinski definition) is 0. The smallest absolute Gasteiger partial charge is 0.154 e. The second-order valence-electron chi connectivity index (χ2n) is 2.95. The molecule has 0 unspecified atom stereocenters. The summed E-state index contributed by atoms with van der Waals surface area (Å²) in [6, 6.07) is 3.49. The first-order chi connectivity index (χ1) is 7.26. The Morgan fingerprint density at radius 1 is 1.20 bits per heavy atom. The summed E-state index contributed by atoms with van der Waals surface area (Å²) in [5.41, 5.74) is 1.33. The predicted molar refractivity (Wildman–Crippen MR) is 59.6 cm³/mol. The maximum absolute atomic E-state index is 10.9. The minimum Gasteiger partial charge on any atom is -0.497 e. The van der Waals surface area contributed by atoms with Crippen molar-refractivity contribution in [2.24, 2.45) is 0 Å². The highest BCUT2D eigenvalue weighted by Crippen LogP contribution is 2.28. The standard InChI is InChI=1S/C12H14O3/c1-4-5-9-6-10(14-2)7-12(15-3)11(9)8-13/h4-8H,1-3H3/b5-4+. The first kappa shape index (κ1) is 11.3. The molecule has 0 N–H and O–H groups in total. The number of hydrogen-bond acceptors (Lipinski definition) is 3. The first-order valence-corrected chi connectivity index (χ1v) is 4.60. The van der Waals surface area contributed by atoms with Gasteiger partial charge < -0.3 is 9.47 Å². The Hall–Kier alpha value is -1.77. The van der Waals surface area contributed by atoms with E-state index < -0.39 is 0 Å². The summed E-state index contributed by atoms with van der Waals surface area (Å²) < 4.78 is 10.2. The summed E-state index contributed by atoms with van der Waals surface area (Å²) in [5, 5.41) is 0. The van der Waals surface area contributed by atoms with E-state index in [9.17, 15) is 4.79 Å². The van der Waals surface area contributed by atoms with E-state index in [1.54, 1.807) is 19.2 Å². The highest BCUT2D eigenvalue weighted by molar-refractivity contribution is 5.86. The molecule has 0 aliphatic heterocycles. The Bertz CT molecular complexity index is 381. The lowest BCUT2D eigenvalue weighted by Gasteiger charge is -2.09. The minimum atomic E-state index is 0.525. The van der Waals surface area contributed by atoms with Crippen LogP contribution in [0, 0.1) is 0 Å². The second-order valence-corrected chi connectivity index (χ2v) is 2.95.